The van der Waals surface area contributed by atoms with E-state index >= 15 is 0 Å². The Morgan fingerprint density at radius 3 is 2.33 bits per heavy atom. The Morgan fingerprint density at radius 1 is 0.905 bits per heavy atom. The van der Waals surface area contributed by atoms with Gasteiger partial charge in [0.15, 0.2) is 0 Å². The van der Waals surface area contributed by atoms with Crippen molar-refractivity contribution in [3.63, 3.8) is 0 Å². The highest BCUT2D eigenvalue weighted by atomic mass is 32.1. The first-order valence-corrected chi connectivity index (χ1v) is 8.26. The van der Waals surface area contributed by atoms with Gasteiger partial charge in [0.2, 0.25) is 0 Å². The molecule has 0 radical (unpaired) electrons. The molecule has 0 aliphatic heterocycles. The molecule has 0 spiro atoms. The third kappa shape index (κ3) is 3.17. The van der Waals surface area contributed by atoms with Crippen LogP contribution in [0.15, 0.2) is 54.6 Å². The number of thiophene rings is 1. The van der Waals surface area contributed by atoms with Crippen LogP contribution in [-0.2, 0) is 0 Å². The molecule has 2 heteroatoms. The van der Waals surface area contributed by atoms with Gasteiger partial charge in [-0.15, -0.1) is 11.3 Å². The van der Waals surface area contributed by atoms with E-state index in [-0.39, 0.29) is 0 Å². The van der Waals surface area contributed by atoms with Gasteiger partial charge in [0, 0.05) is 21.7 Å². The van der Waals surface area contributed by atoms with E-state index < -0.39 is 0 Å². The molecule has 1 N–H and O–H groups in total. The molecule has 0 saturated heterocycles. The lowest BCUT2D eigenvalue weighted by Gasteiger charge is -2.19. The summed E-state index contributed by atoms with van der Waals surface area (Å²) in [5, 5.41) is 5.05. The Labute approximate surface area is 130 Å². The molecular weight excluding hydrogens is 274 g/mol. The van der Waals surface area contributed by atoms with Crippen LogP contribution in [0.2, 0.25) is 0 Å². The summed E-state index contributed by atoms with van der Waals surface area (Å²) in [4.78, 5) is 1.40. The van der Waals surface area contributed by atoms with Crippen molar-refractivity contribution in [2.24, 2.45) is 0 Å². The van der Waals surface area contributed by atoms with E-state index in [0.717, 1.165) is 0 Å². The van der Waals surface area contributed by atoms with Crippen molar-refractivity contribution in [2.75, 3.05) is 0 Å². The fraction of sp³-hybridized carbons (Fsp3) is 0.263. The first kappa shape index (κ1) is 14.3. The van der Waals surface area contributed by atoms with Crippen LogP contribution in [0.4, 0.5) is 0 Å². The van der Waals surface area contributed by atoms with Gasteiger partial charge >= 0.3 is 0 Å². The second kappa shape index (κ2) is 6.00. The molecule has 0 fully saturated rings. The quantitative estimate of drug-likeness (QED) is 0.658. The smallest absolute Gasteiger partial charge is 0.0391 e. The molecule has 1 nitrogen and oxygen atoms in total. The highest BCUT2D eigenvalue weighted by molar-refractivity contribution is 7.19. The second-order valence-corrected chi connectivity index (χ2v) is 6.82. The van der Waals surface area contributed by atoms with Gasteiger partial charge in [0.05, 0.1) is 0 Å². The first-order valence-electron chi connectivity index (χ1n) is 7.44. The van der Waals surface area contributed by atoms with Crippen LogP contribution >= 0.6 is 11.3 Å². The monoisotopic (exact) mass is 295 g/mol. The number of rotatable bonds is 4. The van der Waals surface area contributed by atoms with Crippen LogP contribution in [0.1, 0.15) is 41.9 Å². The predicted molar refractivity (Wildman–Crippen MR) is 93.0 cm³/mol. The van der Waals surface area contributed by atoms with E-state index in [0.29, 0.717) is 12.1 Å². The Morgan fingerprint density at radius 2 is 1.62 bits per heavy atom. The number of hydrogen-bond donors (Lipinski definition) is 1. The lowest BCUT2D eigenvalue weighted by molar-refractivity contribution is 0.500. The predicted octanol–water partition coefficient (Wildman–Crippen LogP) is 5.62. The fourth-order valence-corrected chi connectivity index (χ4v) is 3.70. The van der Waals surface area contributed by atoms with Crippen molar-refractivity contribution in [1.29, 1.82) is 0 Å². The topological polar surface area (TPSA) is 12.0 Å². The Hall–Kier alpha value is -1.64. The van der Waals surface area contributed by atoms with E-state index in [1.807, 2.05) is 11.3 Å². The van der Waals surface area contributed by atoms with Gasteiger partial charge in [-0.05, 0) is 43.9 Å². The minimum absolute atomic E-state index is 0.353. The molecule has 0 bridgehead atoms. The van der Waals surface area contributed by atoms with Crippen LogP contribution in [0.5, 0.6) is 0 Å². The zero-order chi connectivity index (χ0) is 14.8. The molecule has 1 heterocycles. The van der Waals surface area contributed by atoms with Gasteiger partial charge in [-0.3, -0.25) is 0 Å². The molecule has 2 atom stereocenters. The summed E-state index contributed by atoms with van der Waals surface area (Å²) in [5.74, 6) is 0. The Balaban J connectivity index is 1.75. The molecule has 3 rings (SSSR count). The molecule has 2 aromatic carbocycles. The molecule has 1 aromatic heterocycles. The number of nitrogens with one attached hydrogen (secondary N) is 1. The Bertz CT molecular complexity index is 694. The summed E-state index contributed by atoms with van der Waals surface area (Å²) >= 11 is 1.88. The highest BCUT2D eigenvalue weighted by Gasteiger charge is 2.13. The maximum absolute atomic E-state index is 3.70. The summed E-state index contributed by atoms with van der Waals surface area (Å²) in [6.07, 6.45) is 0. The van der Waals surface area contributed by atoms with Crippen LogP contribution in [0.25, 0.3) is 10.1 Å². The molecular formula is C19H21NS. The SMILES string of the molecule is Cc1ccc([C@H](C)NC(C)c2cc3ccccc3s2)cc1. The molecule has 0 aliphatic rings. The normalized spacial score (nSPS) is 14.2. The maximum atomic E-state index is 3.70. The molecule has 1 unspecified atom stereocenters. The minimum Gasteiger partial charge on any atom is -0.303 e. The second-order valence-electron chi connectivity index (χ2n) is 5.71. The molecule has 3 aromatic rings. The van der Waals surface area contributed by atoms with E-state index in [1.54, 1.807) is 0 Å². The zero-order valence-corrected chi connectivity index (χ0v) is 13.6. The largest absolute Gasteiger partial charge is 0.303 e. The first-order chi connectivity index (χ1) is 10.1. The fourth-order valence-electron chi connectivity index (χ4n) is 2.62. The van der Waals surface area contributed by atoms with E-state index in [1.165, 1.54) is 26.1 Å². The van der Waals surface area contributed by atoms with Crippen molar-refractivity contribution in [3.05, 3.63) is 70.6 Å². The van der Waals surface area contributed by atoms with Crippen molar-refractivity contribution in [2.45, 2.75) is 32.9 Å². The third-order valence-electron chi connectivity index (χ3n) is 3.95. The van der Waals surface area contributed by atoms with Gasteiger partial charge in [0.25, 0.3) is 0 Å². The average molecular weight is 295 g/mol. The van der Waals surface area contributed by atoms with Crippen molar-refractivity contribution >= 4 is 21.4 Å². The van der Waals surface area contributed by atoms with Crippen LogP contribution < -0.4 is 5.32 Å². The standard InChI is InChI=1S/C19H21NS/c1-13-8-10-16(11-9-13)14(2)20-15(3)19-12-17-6-4-5-7-18(17)21-19/h4-12,14-15,20H,1-3H3/t14-,15?/m0/s1. The van der Waals surface area contributed by atoms with Crippen molar-refractivity contribution in [1.82, 2.24) is 5.32 Å². The lowest BCUT2D eigenvalue weighted by Crippen LogP contribution is -2.21. The van der Waals surface area contributed by atoms with Gasteiger partial charge in [-0.25, -0.2) is 0 Å². The number of aryl methyl sites for hydroxylation is 1. The van der Waals surface area contributed by atoms with Crippen LogP contribution in [0, 0.1) is 6.92 Å². The van der Waals surface area contributed by atoms with Gasteiger partial charge in [-0.2, -0.15) is 0 Å². The van der Waals surface area contributed by atoms with Crippen molar-refractivity contribution in [3.8, 4) is 0 Å². The van der Waals surface area contributed by atoms with Crippen LogP contribution in [0.3, 0.4) is 0 Å². The molecule has 0 saturated carbocycles. The summed E-state index contributed by atoms with van der Waals surface area (Å²) in [6.45, 7) is 6.60. The Kier molecular flexibility index (Phi) is 4.09. The van der Waals surface area contributed by atoms with Gasteiger partial charge in [0.1, 0.15) is 0 Å². The molecule has 108 valence electrons. The van der Waals surface area contributed by atoms with E-state index in [9.17, 15) is 0 Å². The van der Waals surface area contributed by atoms with Crippen LogP contribution in [-0.4, -0.2) is 0 Å². The number of fused-ring (bicyclic) bond motifs is 1. The molecule has 0 aliphatic carbocycles. The zero-order valence-electron chi connectivity index (χ0n) is 12.8. The van der Waals surface area contributed by atoms with E-state index in [4.69, 9.17) is 0 Å². The summed E-state index contributed by atoms with van der Waals surface area (Å²) in [7, 11) is 0. The number of benzene rings is 2. The van der Waals surface area contributed by atoms with Gasteiger partial charge < -0.3 is 5.32 Å². The third-order valence-corrected chi connectivity index (χ3v) is 5.25. The maximum Gasteiger partial charge on any atom is 0.0391 e. The van der Waals surface area contributed by atoms with Crippen molar-refractivity contribution < 1.29 is 0 Å². The molecule has 21 heavy (non-hydrogen) atoms. The van der Waals surface area contributed by atoms with Gasteiger partial charge in [-0.1, -0.05) is 48.0 Å². The summed E-state index contributed by atoms with van der Waals surface area (Å²) in [5.41, 5.74) is 2.65. The average Bonchev–Trinajstić information content (AvgIpc) is 2.92. The number of hydrogen-bond acceptors (Lipinski definition) is 2. The highest BCUT2D eigenvalue weighted by Crippen LogP contribution is 2.30. The lowest BCUT2D eigenvalue weighted by atomic mass is 10.1. The summed E-state index contributed by atoms with van der Waals surface area (Å²) in [6, 6.07) is 20.4. The molecule has 0 amide bonds. The minimum atomic E-state index is 0.353. The van der Waals surface area contributed by atoms with E-state index in [2.05, 4.69) is 80.7 Å². The summed E-state index contributed by atoms with van der Waals surface area (Å²) < 4.78 is 1.36.